The molecule has 1 aromatic heterocycles. The molecular formula is C12H15F3N2O3. The Hall–Kier alpha value is -1.83. The molecule has 0 aliphatic rings. The molecule has 0 spiro atoms. The van der Waals surface area contributed by atoms with Crippen molar-refractivity contribution >= 4 is 5.91 Å². The van der Waals surface area contributed by atoms with E-state index in [1.54, 1.807) is 18.8 Å². The molecule has 2 atom stereocenters. The molecule has 8 heteroatoms. The standard InChI is InChI=1S/C12H15F3N2O3/c1-6(5-18)7(2)16-10(19)8-3-4-9(12(13,14)15)17-11(8)20/h3-4,6-7,18H,5H2,1-2H3,(H,16,19)(H,17,20). The lowest BCUT2D eigenvalue weighted by Gasteiger charge is -2.19. The summed E-state index contributed by atoms with van der Waals surface area (Å²) in [6, 6.07) is 1.04. The number of aliphatic hydroxyl groups excluding tert-OH is 1. The number of rotatable bonds is 4. The Balaban J connectivity index is 2.93. The zero-order valence-corrected chi connectivity index (χ0v) is 10.9. The number of hydrogen-bond acceptors (Lipinski definition) is 3. The fourth-order valence-electron chi connectivity index (χ4n) is 1.40. The maximum atomic E-state index is 12.4. The first-order valence-corrected chi connectivity index (χ1v) is 5.89. The molecule has 0 aromatic carbocycles. The minimum Gasteiger partial charge on any atom is -0.396 e. The molecule has 0 radical (unpaired) electrons. The van der Waals surface area contributed by atoms with Gasteiger partial charge in [-0.15, -0.1) is 0 Å². The highest BCUT2D eigenvalue weighted by atomic mass is 19.4. The fourth-order valence-corrected chi connectivity index (χ4v) is 1.40. The number of aromatic nitrogens is 1. The van der Waals surface area contributed by atoms with E-state index in [0.29, 0.717) is 6.07 Å². The van der Waals surface area contributed by atoms with Crippen molar-refractivity contribution in [2.24, 2.45) is 5.92 Å². The second kappa shape index (κ2) is 6.08. The van der Waals surface area contributed by atoms with Gasteiger partial charge in [0.2, 0.25) is 0 Å². The number of carbonyl (C=O) groups is 1. The third-order valence-corrected chi connectivity index (χ3v) is 2.96. The first-order chi connectivity index (χ1) is 9.16. The fraction of sp³-hybridized carbons (Fsp3) is 0.500. The van der Waals surface area contributed by atoms with E-state index in [1.165, 1.54) is 0 Å². The van der Waals surface area contributed by atoms with Crippen molar-refractivity contribution in [3.63, 3.8) is 0 Å². The van der Waals surface area contributed by atoms with E-state index in [0.717, 1.165) is 6.07 Å². The van der Waals surface area contributed by atoms with Gasteiger partial charge in [-0.05, 0) is 25.0 Å². The van der Waals surface area contributed by atoms with Gasteiger partial charge < -0.3 is 15.4 Å². The molecule has 1 aromatic rings. The van der Waals surface area contributed by atoms with Crippen molar-refractivity contribution in [1.29, 1.82) is 0 Å². The number of carbonyl (C=O) groups excluding carboxylic acids is 1. The van der Waals surface area contributed by atoms with Crippen LogP contribution in [-0.2, 0) is 6.18 Å². The molecule has 1 heterocycles. The normalized spacial score (nSPS) is 14.7. The van der Waals surface area contributed by atoms with E-state index in [1.807, 2.05) is 0 Å². The number of nitrogens with one attached hydrogen (secondary N) is 2. The topological polar surface area (TPSA) is 82.2 Å². The van der Waals surface area contributed by atoms with Crippen molar-refractivity contribution in [2.75, 3.05) is 6.61 Å². The third-order valence-electron chi connectivity index (χ3n) is 2.96. The molecule has 0 bridgehead atoms. The second-order valence-electron chi connectivity index (χ2n) is 4.53. The van der Waals surface area contributed by atoms with Crippen LogP contribution < -0.4 is 10.9 Å². The average Bonchev–Trinajstić information content (AvgIpc) is 2.36. The highest BCUT2D eigenvalue weighted by Crippen LogP contribution is 2.26. The Morgan fingerprint density at radius 1 is 1.40 bits per heavy atom. The Morgan fingerprint density at radius 2 is 2.00 bits per heavy atom. The van der Waals surface area contributed by atoms with Crippen LogP contribution in [0.5, 0.6) is 0 Å². The van der Waals surface area contributed by atoms with Gasteiger partial charge in [0.05, 0.1) is 0 Å². The minimum absolute atomic E-state index is 0.162. The maximum absolute atomic E-state index is 12.4. The average molecular weight is 292 g/mol. The summed E-state index contributed by atoms with van der Waals surface area (Å²) in [6.07, 6.45) is -4.67. The Morgan fingerprint density at radius 3 is 2.45 bits per heavy atom. The number of aromatic amines is 1. The minimum atomic E-state index is -4.67. The van der Waals surface area contributed by atoms with Crippen LogP contribution in [0.25, 0.3) is 0 Å². The summed E-state index contributed by atoms with van der Waals surface area (Å²) in [5, 5.41) is 11.4. The lowest BCUT2D eigenvalue weighted by Crippen LogP contribution is -2.40. The number of alkyl halides is 3. The molecule has 0 fully saturated rings. The van der Waals surface area contributed by atoms with Gasteiger partial charge in [0.1, 0.15) is 11.3 Å². The van der Waals surface area contributed by atoms with E-state index < -0.39 is 34.9 Å². The molecule has 1 rings (SSSR count). The van der Waals surface area contributed by atoms with Gasteiger partial charge in [-0.25, -0.2) is 0 Å². The predicted molar refractivity (Wildman–Crippen MR) is 65.2 cm³/mol. The quantitative estimate of drug-likeness (QED) is 0.778. The van der Waals surface area contributed by atoms with Crippen LogP contribution >= 0.6 is 0 Å². The van der Waals surface area contributed by atoms with E-state index in [4.69, 9.17) is 5.11 Å². The van der Waals surface area contributed by atoms with Gasteiger partial charge in [0, 0.05) is 12.6 Å². The Labute approximate surface area is 112 Å². The zero-order chi connectivity index (χ0) is 15.5. The number of aliphatic hydroxyl groups is 1. The molecule has 0 aliphatic heterocycles. The van der Waals surface area contributed by atoms with Crippen molar-refractivity contribution in [3.05, 3.63) is 33.7 Å². The van der Waals surface area contributed by atoms with Gasteiger partial charge in [0.15, 0.2) is 0 Å². The highest BCUT2D eigenvalue weighted by Gasteiger charge is 2.32. The largest absolute Gasteiger partial charge is 0.431 e. The summed E-state index contributed by atoms with van der Waals surface area (Å²) in [7, 11) is 0. The molecule has 0 aliphatic carbocycles. The predicted octanol–water partition coefficient (Wildman–Crippen LogP) is 1.14. The van der Waals surface area contributed by atoms with E-state index in [9.17, 15) is 22.8 Å². The van der Waals surface area contributed by atoms with Gasteiger partial charge >= 0.3 is 6.18 Å². The first-order valence-electron chi connectivity index (χ1n) is 5.89. The van der Waals surface area contributed by atoms with Gasteiger partial charge in [0.25, 0.3) is 11.5 Å². The first kappa shape index (κ1) is 16.2. The summed E-state index contributed by atoms with van der Waals surface area (Å²) in [4.78, 5) is 24.9. The van der Waals surface area contributed by atoms with Crippen molar-refractivity contribution < 1.29 is 23.1 Å². The lowest BCUT2D eigenvalue weighted by atomic mass is 10.0. The summed E-state index contributed by atoms with van der Waals surface area (Å²) < 4.78 is 37.1. The zero-order valence-electron chi connectivity index (χ0n) is 10.9. The monoisotopic (exact) mass is 292 g/mol. The summed E-state index contributed by atoms with van der Waals surface area (Å²) >= 11 is 0. The third kappa shape index (κ3) is 3.83. The van der Waals surface area contributed by atoms with Crippen LogP contribution in [-0.4, -0.2) is 28.6 Å². The number of pyridine rings is 1. The highest BCUT2D eigenvalue weighted by molar-refractivity contribution is 5.93. The number of halogens is 3. The van der Waals surface area contributed by atoms with Crippen LogP contribution in [0.3, 0.4) is 0 Å². The molecule has 112 valence electrons. The van der Waals surface area contributed by atoms with Crippen molar-refractivity contribution in [2.45, 2.75) is 26.1 Å². The summed E-state index contributed by atoms with van der Waals surface area (Å²) in [5.41, 5.74) is -2.73. The van der Waals surface area contributed by atoms with Gasteiger partial charge in [-0.2, -0.15) is 13.2 Å². The summed E-state index contributed by atoms with van der Waals surface area (Å²) in [5.74, 6) is -1.03. The molecule has 2 unspecified atom stereocenters. The molecule has 1 amide bonds. The molecule has 20 heavy (non-hydrogen) atoms. The van der Waals surface area contributed by atoms with Crippen LogP contribution in [0, 0.1) is 5.92 Å². The van der Waals surface area contributed by atoms with E-state index in [2.05, 4.69) is 5.32 Å². The molecule has 5 nitrogen and oxygen atoms in total. The number of amides is 1. The number of hydrogen-bond donors (Lipinski definition) is 3. The molecular weight excluding hydrogens is 277 g/mol. The molecule has 3 N–H and O–H groups in total. The van der Waals surface area contributed by atoms with Gasteiger partial charge in [-0.3, -0.25) is 9.59 Å². The lowest BCUT2D eigenvalue weighted by molar-refractivity contribution is -0.141. The van der Waals surface area contributed by atoms with Crippen LogP contribution in [0.15, 0.2) is 16.9 Å². The second-order valence-corrected chi connectivity index (χ2v) is 4.53. The SMILES string of the molecule is CC(CO)C(C)NC(=O)c1ccc(C(F)(F)F)[nH]c1=O. The number of H-pyrrole nitrogens is 1. The Kier molecular flexibility index (Phi) is 4.93. The van der Waals surface area contributed by atoms with Crippen LogP contribution in [0.4, 0.5) is 13.2 Å². The smallest absolute Gasteiger partial charge is 0.396 e. The molecule has 0 saturated heterocycles. The van der Waals surface area contributed by atoms with Crippen molar-refractivity contribution in [1.82, 2.24) is 10.3 Å². The van der Waals surface area contributed by atoms with E-state index >= 15 is 0 Å². The Bertz CT molecular complexity index is 539. The van der Waals surface area contributed by atoms with Gasteiger partial charge in [-0.1, -0.05) is 6.92 Å². The van der Waals surface area contributed by atoms with E-state index in [-0.39, 0.29) is 12.5 Å². The molecule has 0 saturated carbocycles. The van der Waals surface area contributed by atoms with Crippen LogP contribution in [0.1, 0.15) is 29.9 Å². The van der Waals surface area contributed by atoms with Crippen LogP contribution in [0.2, 0.25) is 0 Å². The van der Waals surface area contributed by atoms with Crippen molar-refractivity contribution in [3.8, 4) is 0 Å². The summed E-state index contributed by atoms with van der Waals surface area (Å²) in [6.45, 7) is 3.14. The maximum Gasteiger partial charge on any atom is 0.431 e.